The van der Waals surface area contributed by atoms with Gasteiger partial charge in [-0.15, -0.1) is 0 Å². The fraction of sp³-hybridized carbons (Fsp3) is 0. The summed E-state index contributed by atoms with van der Waals surface area (Å²) in [5, 5.41) is 10.9. The molecule has 19 aromatic rings. The second-order valence-electron chi connectivity index (χ2n) is 23.0. The van der Waals surface area contributed by atoms with Gasteiger partial charge in [-0.05, 0) is 149 Å². The summed E-state index contributed by atoms with van der Waals surface area (Å²) >= 11 is 0. The first-order valence-electron chi connectivity index (χ1n) is 30.0. The molecule has 8 nitrogen and oxygen atoms in total. The normalized spacial score (nSPS) is 12.0. The van der Waals surface area contributed by atoms with Crippen LogP contribution in [-0.4, -0.2) is 24.1 Å². The van der Waals surface area contributed by atoms with Crippen LogP contribution in [0.1, 0.15) is 0 Å². The van der Waals surface area contributed by atoms with E-state index in [1.807, 2.05) is 30.3 Å². The summed E-state index contributed by atoms with van der Waals surface area (Å²) in [4.78, 5) is 16.3. The maximum absolute atomic E-state index is 6.77. The number of benzene rings is 13. The first kappa shape index (κ1) is 49.2. The molecule has 89 heavy (non-hydrogen) atoms. The van der Waals surface area contributed by atoms with E-state index in [1.165, 1.54) is 32.6 Å². The third-order valence-electron chi connectivity index (χ3n) is 18.0. The topological polar surface area (TPSA) is 88.0 Å². The average Bonchev–Trinajstić information content (AvgIpc) is 3.56. The predicted molar refractivity (Wildman–Crippen MR) is 363 cm³/mol. The van der Waals surface area contributed by atoms with Crippen molar-refractivity contribution in [3.05, 3.63) is 285 Å². The van der Waals surface area contributed by atoms with Crippen LogP contribution in [0.25, 0.3) is 188 Å². The smallest absolute Gasteiger partial charge is 0.164 e. The highest BCUT2D eigenvalue weighted by Crippen LogP contribution is 2.44. The van der Waals surface area contributed by atoms with Gasteiger partial charge >= 0.3 is 0 Å². The molecule has 0 amide bonds. The quantitative estimate of drug-likeness (QED) is 0.151. The number of rotatable bonds is 8. The molecule has 0 fully saturated rings. The van der Waals surface area contributed by atoms with Crippen LogP contribution in [0.2, 0.25) is 0 Å². The van der Waals surface area contributed by atoms with Crippen molar-refractivity contribution in [2.75, 3.05) is 0 Å². The zero-order chi connectivity index (χ0) is 58.3. The molecule has 0 atom stereocenters. The van der Waals surface area contributed by atoms with Gasteiger partial charge in [0.1, 0.15) is 33.5 Å². The maximum atomic E-state index is 6.77. The fourth-order valence-electron chi connectivity index (χ4n) is 13.9. The Morgan fingerprint density at radius 3 is 1.36 bits per heavy atom. The van der Waals surface area contributed by atoms with Crippen LogP contribution in [0.4, 0.5) is 0 Å². The van der Waals surface area contributed by atoms with Crippen LogP contribution in [0, 0.1) is 0 Å². The van der Waals surface area contributed by atoms with E-state index in [4.69, 9.17) is 28.2 Å². The molecule has 0 aliphatic carbocycles. The van der Waals surface area contributed by atoms with Gasteiger partial charge in [-0.3, -0.25) is 0 Å². The summed E-state index contributed by atoms with van der Waals surface area (Å²) in [6.07, 6.45) is 0. The Hall–Kier alpha value is -12.1. The predicted octanol–water partition coefficient (Wildman–Crippen LogP) is 21.8. The molecule has 0 N–H and O–H groups in total. The van der Waals surface area contributed by atoms with Crippen LogP contribution in [0.15, 0.2) is 298 Å². The van der Waals surface area contributed by atoms with Crippen molar-refractivity contribution >= 4 is 109 Å². The molecule has 13 aromatic carbocycles. The van der Waals surface area contributed by atoms with Gasteiger partial charge < -0.3 is 22.4 Å². The number of hydrogen-bond acceptors (Lipinski definition) is 6. The Bertz CT molecular complexity index is 6080. The Balaban J connectivity index is 0.762. The SMILES string of the molecule is c1ccc(-n2c3ccccc3c3cc(-c4ccc5oc6cccc(-c7ccc8oc9cccc(-c%10nc(-c%11cccc(-c%12ccc%13c(c%12)oc%12ccccc%12%13)c%11)nc(-c%11cccc(-n%12c%13ccccc%13c%13ccccc%13%12)c%11)n%10)c9c8c7)c6c5c4)ccc32)cc1. The summed E-state index contributed by atoms with van der Waals surface area (Å²) < 4.78 is 24.5. The Morgan fingerprint density at radius 2 is 0.640 bits per heavy atom. The van der Waals surface area contributed by atoms with Crippen LogP contribution in [-0.2, 0) is 0 Å². The zero-order valence-corrected chi connectivity index (χ0v) is 47.6. The largest absolute Gasteiger partial charge is 0.456 e. The lowest BCUT2D eigenvalue weighted by Gasteiger charge is -2.12. The maximum Gasteiger partial charge on any atom is 0.164 e. The first-order valence-corrected chi connectivity index (χ1v) is 30.0. The van der Waals surface area contributed by atoms with Gasteiger partial charge in [0.15, 0.2) is 17.5 Å². The molecule has 0 saturated carbocycles. The van der Waals surface area contributed by atoms with E-state index in [9.17, 15) is 0 Å². The minimum Gasteiger partial charge on any atom is -0.456 e. The highest BCUT2D eigenvalue weighted by atomic mass is 16.3. The van der Waals surface area contributed by atoms with Gasteiger partial charge in [0, 0.05) is 81.9 Å². The standard InChI is InChI=1S/C81H47N5O3/c1-2-19-55(20-3-1)85-69-30-10-6-24-60(69)64-44-49(35-39-70(64)85)50-36-40-72-65(45-50)77-57(26-14-32-74(77)87-72)52-37-41-73-66(46-52)78-63(27-15-33-75(78)88-73)81-83-79(53-17-12-16-48(42-53)51-34-38-62-61-25-7-11-31-71(61)89-76(62)47-51)82-80(84-81)54-18-13-21-56(43-54)86-67-28-8-4-22-58(67)59-23-5-9-29-68(59)86/h1-47H. The summed E-state index contributed by atoms with van der Waals surface area (Å²) in [7, 11) is 0. The van der Waals surface area contributed by atoms with Crippen molar-refractivity contribution in [1.29, 1.82) is 0 Å². The van der Waals surface area contributed by atoms with Crippen LogP contribution < -0.4 is 0 Å². The Labute approximate surface area is 508 Å². The molecule has 0 bridgehead atoms. The molecule has 414 valence electrons. The number of hydrogen-bond donors (Lipinski definition) is 0. The number of nitrogens with zero attached hydrogens (tertiary/aromatic N) is 5. The van der Waals surface area contributed by atoms with Crippen molar-refractivity contribution in [1.82, 2.24) is 24.1 Å². The molecular formula is C81H47N5O3. The third kappa shape index (κ3) is 7.70. The summed E-state index contributed by atoms with van der Waals surface area (Å²) in [5.41, 5.74) is 20.5. The molecule has 0 saturated heterocycles. The van der Waals surface area contributed by atoms with E-state index < -0.39 is 0 Å². The van der Waals surface area contributed by atoms with E-state index >= 15 is 0 Å². The number of furan rings is 3. The van der Waals surface area contributed by atoms with Crippen molar-refractivity contribution in [3.63, 3.8) is 0 Å². The van der Waals surface area contributed by atoms with Gasteiger partial charge in [0.2, 0.25) is 0 Å². The monoisotopic (exact) mass is 1140 g/mol. The Kier molecular flexibility index (Phi) is 10.6. The second-order valence-corrected chi connectivity index (χ2v) is 23.0. The molecule has 0 unspecified atom stereocenters. The molecule has 6 aromatic heterocycles. The van der Waals surface area contributed by atoms with E-state index in [2.05, 4.69) is 264 Å². The van der Waals surface area contributed by atoms with E-state index in [1.54, 1.807) is 0 Å². The van der Waals surface area contributed by atoms with Gasteiger partial charge in [-0.2, -0.15) is 0 Å². The average molecular weight is 1140 g/mol. The summed E-state index contributed by atoms with van der Waals surface area (Å²) in [5.74, 6) is 1.61. The molecule has 0 aliphatic rings. The second kappa shape index (κ2) is 19.2. The van der Waals surface area contributed by atoms with Crippen LogP contribution in [0.5, 0.6) is 0 Å². The van der Waals surface area contributed by atoms with Crippen molar-refractivity contribution < 1.29 is 13.3 Å². The first-order chi connectivity index (χ1) is 44.1. The van der Waals surface area contributed by atoms with Gasteiger partial charge in [0.05, 0.1) is 22.1 Å². The zero-order valence-electron chi connectivity index (χ0n) is 47.6. The Morgan fingerprint density at radius 1 is 0.213 bits per heavy atom. The minimum atomic E-state index is 0.526. The van der Waals surface area contributed by atoms with E-state index in [0.717, 1.165) is 138 Å². The molecule has 0 radical (unpaired) electrons. The van der Waals surface area contributed by atoms with Crippen LogP contribution in [0.3, 0.4) is 0 Å². The van der Waals surface area contributed by atoms with E-state index in [0.29, 0.717) is 17.5 Å². The van der Waals surface area contributed by atoms with Crippen molar-refractivity contribution in [2.24, 2.45) is 0 Å². The lowest BCUT2D eigenvalue weighted by molar-refractivity contribution is 0.668. The molecule has 19 rings (SSSR count). The molecule has 0 spiro atoms. The summed E-state index contributed by atoms with van der Waals surface area (Å²) in [6, 6.07) is 100. The van der Waals surface area contributed by atoms with Gasteiger partial charge in [-0.1, -0.05) is 170 Å². The molecule has 6 heterocycles. The lowest BCUT2D eigenvalue weighted by atomic mass is 9.95. The van der Waals surface area contributed by atoms with Crippen molar-refractivity contribution in [3.8, 4) is 78.9 Å². The third-order valence-corrected chi connectivity index (χ3v) is 18.0. The highest BCUT2D eigenvalue weighted by Gasteiger charge is 2.23. The summed E-state index contributed by atoms with van der Waals surface area (Å²) in [6.45, 7) is 0. The molecule has 0 aliphatic heterocycles. The number of aromatic nitrogens is 5. The number of para-hydroxylation sites is 5. The van der Waals surface area contributed by atoms with Gasteiger partial charge in [-0.25, -0.2) is 15.0 Å². The lowest BCUT2D eigenvalue weighted by Crippen LogP contribution is -2.01. The van der Waals surface area contributed by atoms with Crippen molar-refractivity contribution in [2.45, 2.75) is 0 Å². The molecular weight excluding hydrogens is 1090 g/mol. The van der Waals surface area contributed by atoms with Crippen LogP contribution >= 0.6 is 0 Å². The fourth-order valence-corrected chi connectivity index (χ4v) is 13.9. The number of fused-ring (bicyclic) bond motifs is 15. The van der Waals surface area contributed by atoms with Gasteiger partial charge in [0.25, 0.3) is 0 Å². The molecule has 8 heteroatoms. The minimum absolute atomic E-state index is 0.526. The van der Waals surface area contributed by atoms with E-state index in [-0.39, 0.29) is 0 Å². The highest BCUT2D eigenvalue weighted by molar-refractivity contribution is 6.17.